The highest BCUT2D eigenvalue weighted by molar-refractivity contribution is 5.97. The second-order valence-electron chi connectivity index (χ2n) is 7.21. The van der Waals surface area contributed by atoms with Crippen molar-refractivity contribution >= 4 is 11.8 Å². The van der Waals surface area contributed by atoms with Crippen LogP contribution in [0.1, 0.15) is 42.6 Å². The molecule has 0 unspecified atom stereocenters. The zero-order valence-corrected chi connectivity index (χ0v) is 15.0. The first kappa shape index (κ1) is 17.9. The van der Waals surface area contributed by atoms with E-state index in [2.05, 4.69) is 18.7 Å². The predicted molar refractivity (Wildman–Crippen MR) is 95.0 cm³/mol. The highest BCUT2D eigenvalue weighted by atomic mass is 16.5. The van der Waals surface area contributed by atoms with Gasteiger partial charge >= 0.3 is 0 Å². The second kappa shape index (κ2) is 7.54. The fourth-order valence-electron chi connectivity index (χ4n) is 3.90. The van der Waals surface area contributed by atoms with Crippen molar-refractivity contribution in [2.75, 3.05) is 19.6 Å². The number of benzene rings is 1. The van der Waals surface area contributed by atoms with Gasteiger partial charge in [0.2, 0.25) is 5.91 Å². The number of amides is 2. The average molecular weight is 345 g/mol. The zero-order chi connectivity index (χ0) is 18.0. The zero-order valence-electron chi connectivity index (χ0n) is 15.0. The lowest BCUT2D eigenvalue weighted by Crippen LogP contribution is -2.44. The molecule has 25 heavy (non-hydrogen) atoms. The molecule has 0 aliphatic carbocycles. The Morgan fingerprint density at radius 2 is 1.80 bits per heavy atom. The number of carbonyl (C=O) groups excluding carboxylic acids is 2. The van der Waals surface area contributed by atoms with E-state index in [4.69, 9.17) is 10.5 Å². The van der Waals surface area contributed by atoms with Crippen LogP contribution in [0, 0.1) is 0 Å². The molecule has 0 bridgehead atoms. The number of carbonyl (C=O) groups is 2. The minimum absolute atomic E-state index is 0.110. The summed E-state index contributed by atoms with van der Waals surface area (Å²) in [5, 5.41) is 0. The second-order valence-corrected chi connectivity index (χ2v) is 7.21. The van der Waals surface area contributed by atoms with Gasteiger partial charge in [0, 0.05) is 31.7 Å². The van der Waals surface area contributed by atoms with Gasteiger partial charge in [-0.15, -0.1) is 0 Å². The van der Waals surface area contributed by atoms with Gasteiger partial charge in [-0.1, -0.05) is 12.1 Å². The van der Waals surface area contributed by atoms with E-state index in [0.717, 1.165) is 26.1 Å². The van der Waals surface area contributed by atoms with Crippen LogP contribution in [0.2, 0.25) is 0 Å². The Kier molecular flexibility index (Phi) is 5.39. The van der Waals surface area contributed by atoms with Gasteiger partial charge in [0.1, 0.15) is 6.04 Å². The monoisotopic (exact) mass is 345 g/mol. The highest BCUT2D eigenvalue weighted by Gasteiger charge is 2.33. The highest BCUT2D eigenvalue weighted by Crippen LogP contribution is 2.21. The molecular weight excluding hydrogens is 318 g/mol. The molecule has 2 heterocycles. The van der Waals surface area contributed by atoms with Gasteiger partial charge in [-0.05, 0) is 44.4 Å². The van der Waals surface area contributed by atoms with Gasteiger partial charge < -0.3 is 15.4 Å². The molecule has 0 aromatic heterocycles. The number of nitrogens with zero attached hydrogens (tertiary/aromatic N) is 2. The number of hydrogen-bond donors (Lipinski definition) is 1. The summed E-state index contributed by atoms with van der Waals surface area (Å²) in [4.78, 5) is 28.1. The van der Waals surface area contributed by atoms with Crippen molar-refractivity contribution in [3.8, 4) is 0 Å². The number of hydrogen-bond acceptors (Lipinski definition) is 4. The molecule has 0 radical (unpaired) electrons. The lowest BCUT2D eigenvalue weighted by atomic mass is 10.1. The van der Waals surface area contributed by atoms with E-state index in [1.807, 2.05) is 24.3 Å². The van der Waals surface area contributed by atoms with Crippen molar-refractivity contribution in [3.05, 3.63) is 35.4 Å². The molecular formula is C19H27N3O3. The molecule has 2 aliphatic heterocycles. The summed E-state index contributed by atoms with van der Waals surface area (Å²) < 4.78 is 5.76. The molecule has 3 atom stereocenters. The van der Waals surface area contributed by atoms with Gasteiger partial charge in [0.05, 0.1) is 12.2 Å². The maximum Gasteiger partial charge on any atom is 0.254 e. The third-order valence-electron chi connectivity index (χ3n) is 4.94. The van der Waals surface area contributed by atoms with E-state index in [-0.39, 0.29) is 18.1 Å². The van der Waals surface area contributed by atoms with Gasteiger partial charge in [0.25, 0.3) is 5.91 Å². The van der Waals surface area contributed by atoms with E-state index in [0.29, 0.717) is 18.5 Å². The minimum Gasteiger partial charge on any atom is -0.373 e. The van der Waals surface area contributed by atoms with Crippen molar-refractivity contribution in [2.24, 2.45) is 5.73 Å². The number of ether oxygens (including phenoxy) is 1. The number of primary amides is 1. The first-order valence-corrected chi connectivity index (χ1v) is 9.01. The molecule has 2 fully saturated rings. The molecule has 2 N–H and O–H groups in total. The average Bonchev–Trinajstić information content (AvgIpc) is 3.04. The minimum atomic E-state index is -0.469. The summed E-state index contributed by atoms with van der Waals surface area (Å²) in [6.07, 6.45) is 1.97. The first-order chi connectivity index (χ1) is 11.9. The fraction of sp³-hybridized carbons (Fsp3) is 0.579. The van der Waals surface area contributed by atoms with Crippen LogP contribution in [0.25, 0.3) is 0 Å². The molecule has 6 heteroatoms. The van der Waals surface area contributed by atoms with Crippen LogP contribution in [0.4, 0.5) is 0 Å². The number of nitrogens with two attached hydrogens (primary N) is 1. The van der Waals surface area contributed by atoms with Crippen LogP contribution < -0.4 is 5.73 Å². The molecule has 0 saturated carbocycles. The number of likely N-dealkylation sites (tertiary alicyclic amines) is 1. The van der Waals surface area contributed by atoms with Gasteiger partial charge in [-0.2, -0.15) is 0 Å². The Morgan fingerprint density at radius 1 is 1.16 bits per heavy atom. The van der Waals surface area contributed by atoms with Gasteiger partial charge in [-0.3, -0.25) is 14.5 Å². The van der Waals surface area contributed by atoms with E-state index in [9.17, 15) is 9.59 Å². The first-order valence-electron chi connectivity index (χ1n) is 9.01. The van der Waals surface area contributed by atoms with Crippen molar-refractivity contribution in [1.82, 2.24) is 9.80 Å². The van der Waals surface area contributed by atoms with Crippen LogP contribution in [0.5, 0.6) is 0 Å². The van der Waals surface area contributed by atoms with Crippen molar-refractivity contribution in [2.45, 2.75) is 51.5 Å². The Hall–Kier alpha value is -1.92. The predicted octanol–water partition coefficient (Wildman–Crippen LogP) is 1.39. The Morgan fingerprint density at radius 3 is 2.40 bits per heavy atom. The summed E-state index contributed by atoms with van der Waals surface area (Å²) in [7, 11) is 0. The molecule has 136 valence electrons. The SMILES string of the molecule is C[C@@H]1CN(Cc2ccc(C(=O)N3CCC[C@H]3C(N)=O)cc2)C[C@@H](C)O1. The standard InChI is InChI=1S/C19H27N3O3/c1-13-10-21(11-14(2)25-13)12-15-5-7-16(8-6-15)19(24)22-9-3-4-17(22)18(20)23/h5-8,13-14,17H,3-4,9-12H2,1-2H3,(H2,20,23)/t13-,14-,17+/m1/s1. The third-order valence-corrected chi connectivity index (χ3v) is 4.94. The van der Waals surface area contributed by atoms with Crippen LogP contribution in [0.3, 0.4) is 0 Å². The van der Waals surface area contributed by atoms with Crippen LogP contribution >= 0.6 is 0 Å². The molecule has 6 nitrogen and oxygen atoms in total. The lowest BCUT2D eigenvalue weighted by Gasteiger charge is -2.35. The Labute approximate surface area is 148 Å². The van der Waals surface area contributed by atoms with E-state index >= 15 is 0 Å². The summed E-state index contributed by atoms with van der Waals surface area (Å²) in [6, 6.07) is 7.21. The van der Waals surface area contributed by atoms with Crippen LogP contribution in [0.15, 0.2) is 24.3 Å². The molecule has 2 amide bonds. The van der Waals surface area contributed by atoms with Crippen molar-refractivity contribution in [1.29, 1.82) is 0 Å². The number of morpholine rings is 1. The summed E-state index contributed by atoms with van der Waals surface area (Å²) in [6.45, 7) is 7.46. The van der Waals surface area contributed by atoms with E-state index in [1.54, 1.807) is 4.90 Å². The van der Waals surface area contributed by atoms with Gasteiger partial charge in [-0.25, -0.2) is 0 Å². The maximum atomic E-state index is 12.6. The summed E-state index contributed by atoms with van der Waals surface area (Å²) >= 11 is 0. The lowest BCUT2D eigenvalue weighted by molar-refractivity contribution is -0.121. The van der Waals surface area contributed by atoms with Crippen LogP contribution in [-0.2, 0) is 16.1 Å². The van der Waals surface area contributed by atoms with Crippen molar-refractivity contribution in [3.63, 3.8) is 0 Å². The largest absolute Gasteiger partial charge is 0.373 e. The molecule has 1 aromatic carbocycles. The topological polar surface area (TPSA) is 75.9 Å². The third kappa shape index (κ3) is 4.19. The summed E-state index contributed by atoms with van der Waals surface area (Å²) in [5.41, 5.74) is 7.19. The fourth-order valence-corrected chi connectivity index (χ4v) is 3.90. The van der Waals surface area contributed by atoms with Gasteiger partial charge in [0.15, 0.2) is 0 Å². The normalized spacial score (nSPS) is 27.4. The summed E-state index contributed by atoms with van der Waals surface area (Å²) in [5.74, 6) is -0.528. The van der Waals surface area contributed by atoms with Crippen molar-refractivity contribution < 1.29 is 14.3 Å². The van der Waals surface area contributed by atoms with Crippen LogP contribution in [-0.4, -0.2) is 59.5 Å². The molecule has 0 spiro atoms. The van der Waals surface area contributed by atoms with E-state index in [1.165, 1.54) is 5.56 Å². The Bertz CT molecular complexity index is 621. The smallest absolute Gasteiger partial charge is 0.254 e. The quantitative estimate of drug-likeness (QED) is 0.895. The number of rotatable bonds is 4. The maximum absolute atomic E-state index is 12.6. The Balaban J connectivity index is 1.64. The molecule has 2 aliphatic rings. The molecule has 2 saturated heterocycles. The molecule has 3 rings (SSSR count). The molecule has 1 aromatic rings. The van der Waals surface area contributed by atoms with E-state index < -0.39 is 11.9 Å².